The van der Waals surface area contributed by atoms with Gasteiger partial charge in [-0.3, -0.25) is 4.79 Å². The first-order valence-electron chi connectivity index (χ1n) is 16.1. The zero-order chi connectivity index (χ0) is 35.7. The predicted molar refractivity (Wildman–Crippen MR) is 189 cm³/mol. The van der Waals surface area contributed by atoms with Crippen LogP contribution >= 0.6 is 15.9 Å². The van der Waals surface area contributed by atoms with Gasteiger partial charge in [0, 0.05) is 22.5 Å². The van der Waals surface area contributed by atoms with Crippen molar-refractivity contribution in [1.82, 2.24) is 10.2 Å². The molecule has 12 heteroatoms. The fourth-order valence-electron chi connectivity index (χ4n) is 6.15. The van der Waals surface area contributed by atoms with Gasteiger partial charge in [-0.1, -0.05) is 107 Å². The lowest BCUT2D eigenvalue weighted by Gasteiger charge is -2.40. The number of carbonyl (C=O) groups excluding carboxylic acids is 2. The summed E-state index contributed by atoms with van der Waals surface area (Å²) in [6.07, 6.45) is -4.65. The zero-order valence-electron chi connectivity index (χ0n) is 27.3. The highest BCUT2D eigenvalue weighted by molar-refractivity contribution is 9.10. The van der Waals surface area contributed by atoms with Crippen LogP contribution in [0.25, 0.3) is 0 Å². The van der Waals surface area contributed by atoms with E-state index in [0.29, 0.717) is 16.8 Å². The number of carboxylic acid groups (broad SMARTS) is 1. The van der Waals surface area contributed by atoms with E-state index in [-0.39, 0.29) is 19.4 Å². The first-order chi connectivity index (χ1) is 24.0. The van der Waals surface area contributed by atoms with Crippen LogP contribution in [0.4, 0.5) is 24.1 Å². The number of alkyl halides is 2. The van der Waals surface area contributed by atoms with Gasteiger partial charge in [-0.25, -0.2) is 18.4 Å². The van der Waals surface area contributed by atoms with Crippen molar-refractivity contribution in [1.29, 1.82) is 0 Å². The minimum atomic E-state index is -3.33. The van der Waals surface area contributed by atoms with Gasteiger partial charge < -0.3 is 30.1 Å². The fourth-order valence-corrected chi connectivity index (χ4v) is 6.41. The van der Waals surface area contributed by atoms with Crippen LogP contribution in [0.15, 0.2) is 114 Å². The Balaban J connectivity index is 1.34. The molecule has 1 fully saturated rings. The number of nitrogens with one attached hydrogen (secondary N) is 2. The number of halogens is 3. The molecule has 9 nitrogen and oxygen atoms in total. The monoisotopic (exact) mass is 749 g/mol. The van der Waals surface area contributed by atoms with E-state index in [0.717, 1.165) is 20.5 Å². The largest absolute Gasteiger partial charge is 0.465 e. The first-order valence-corrected chi connectivity index (χ1v) is 16.9. The number of aryl methyl sites for hydroxylation is 1. The first kappa shape index (κ1) is 36.5. The topological polar surface area (TPSA) is 117 Å². The van der Waals surface area contributed by atoms with Crippen molar-refractivity contribution in [2.45, 2.75) is 49.4 Å². The third-order valence-electron chi connectivity index (χ3n) is 8.66. The summed E-state index contributed by atoms with van der Waals surface area (Å²) in [6, 6.07) is 31.1. The van der Waals surface area contributed by atoms with Crippen LogP contribution in [0, 0.1) is 0 Å². The van der Waals surface area contributed by atoms with Crippen molar-refractivity contribution in [3.63, 3.8) is 0 Å². The Hall–Kier alpha value is -4.81. The number of nitrogens with zero attached hydrogens (tertiary/aromatic N) is 1. The molecule has 0 bridgehead atoms. The van der Waals surface area contributed by atoms with Gasteiger partial charge in [0.15, 0.2) is 0 Å². The van der Waals surface area contributed by atoms with E-state index in [1.807, 2.05) is 60.7 Å². The predicted octanol–water partition coefficient (Wildman–Crippen LogP) is 7.50. The molecule has 5 rings (SSSR count). The average molecular weight is 751 g/mol. The quantitative estimate of drug-likeness (QED) is 0.138. The van der Waals surface area contributed by atoms with Crippen molar-refractivity contribution >= 4 is 39.7 Å². The molecule has 3 atom stereocenters. The number of alkyl carbamates (subject to hydrolysis) is 1. The number of anilines is 1. The van der Waals surface area contributed by atoms with E-state index in [1.165, 1.54) is 7.11 Å². The third kappa shape index (κ3) is 9.45. The Morgan fingerprint density at radius 3 is 2.12 bits per heavy atom. The van der Waals surface area contributed by atoms with Gasteiger partial charge in [0.1, 0.15) is 12.1 Å². The summed E-state index contributed by atoms with van der Waals surface area (Å²) in [4.78, 5) is 39.6. The molecule has 0 saturated carbocycles. The molecule has 3 amide bonds. The summed E-state index contributed by atoms with van der Waals surface area (Å²) in [7, 11) is 1.22. The Labute approximate surface area is 297 Å². The number of methoxy groups -OCH3 is 1. The number of rotatable bonds is 12. The van der Waals surface area contributed by atoms with Crippen LogP contribution < -0.4 is 10.6 Å². The Bertz CT molecular complexity index is 1710. The molecule has 0 unspecified atom stereocenters. The standard InChI is InChI=1S/C38H38BrF2N3O6/c1-49-36(46)43-34(33(27-11-4-2-5-12-27)28-13-6-3-7-14-28)35(45)42-31-15-9-8-10-26(31)18-21-30-23-44(37(47)48)24-32(50-30)38(40,41)22-25-16-19-29(39)20-17-25/h2-17,19-20,30,32-34H,18,21-24H2,1H3,(H,42,45)(H,43,46)(H,47,48)/t30-,32+,34+/m1/s1. The Kier molecular flexibility index (Phi) is 12.2. The number of hydrogen-bond acceptors (Lipinski definition) is 5. The lowest BCUT2D eigenvalue weighted by molar-refractivity contribution is -0.188. The number of carbonyl (C=O) groups is 3. The molecule has 0 aliphatic carbocycles. The summed E-state index contributed by atoms with van der Waals surface area (Å²) in [6.45, 7) is -0.531. The van der Waals surface area contributed by atoms with Crippen molar-refractivity contribution in [3.05, 3.63) is 136 Å². The van der Waals surface area contributed by atoms with Gasteiger partial charge in [0.05, 0.1) is 26.3 Å². The summed E-state index contributed by atoms with van der Waals surface area (Å²) < 4.78 is 42.6. The summed E-state index contributed by atoms with van der Waals surface area (Å²) in [5, 5.41) is 15.4. The highest BCUT2D eigenvalue weighted by Gasteiger charge is 2.46. The molecule has 4 aromatic carbocycles. The average Bonchev–Trinajstić information content (AvgIpc) is 3.12. The Morgan fingerprint density at radius 1 is 0.920 bits per heavy atom. The van der Waals surface area contributed by atoms with Gasteiger partial charge in [0.25, 0.3) is 5.92 Å². The molecule has 0 radical (unpaired) electrons. The van der Waals surface area contributed by atoms with Crippen LogP contribution in [-0.2, 0) is 27.1 Å². The minimum Gasteiger partial charge on any atom is -0.465 e. The molecule has 1 saturated heterocycles. The second kappa shape index (κ2) is 16.7. The van der Waals surface area contributed by atoms with Gasteiger partial charge in [0.2, 0.25) is 5.91 Å². The smallest absolute Gasteiger partial charge is 0.407 e. The maximum absolute atomic E-state index is 15.5. The van der Waals surface area contributed by atoms with Gasteiger partial charge in [-0.15, -0.1) is 0 Å². The van der Waals surface area contributed by atoms with Crippen molar-refractivity contribution in [2.75, 3.05) is 25.5 Å². The molecular weight excluding hydrogens is 712 g/mol. The SMILES string of the molecule is COC(=O)N[C@H](C(=O)Nc1ccccc1CC[C@@H]1CN(C(=O)O)C[C@@H](C(F)(F)Cc2ccc(Br)cc2)O1)C(c1ccccc1)c1ccccc1. The van der Waals surface area contributed by atoms with Crippen LogP contribution in [0.3, 0.4) is 0 Å². The molecular formula is C38H38BrF2N3O6. The van der Waals surface area contributed by atoms with Crippen LogP contribution in [0.1, 0.15) is 34.6 Å². The second-order valence-corrected chi connectivity index (χ2v) is 13.0. The van der Waals surface area contributed by atoms with Crippen molar-refractivity contribution < 1.29 is 37.7 Å². The van der Waals surface area contributed by atoms with Gasteiger partial charge in [-0.2, -0.15) is 0 Å². The third-order valence-corrected chi connectivity index (χ3v) is 9.19. The number of morpholine rings is 1. The van der Waals surface area contributed by atoms with Crippen LogP contribution in [-0.4, -0.2) is 72.5 Å². The van der Waals surface area contributed by atoms with Gasteiger partial charge >= 0.3 is 12.2 Å². The zero-order valence-corrected chi connectivity index (χ0v) is 28.9. The summed E-state index contributed by atoms with van der Waals surface area (Å²) >= 11 is 3.30. The van der Waals surface area contributed by atoms with Crippen molar-refractivity contribution in [2.24, 2.45) is 0 Å². The molecule has 1 aliphatic rings. The molecule has 1 heterocycles. The number of ether oxygens (including phenoxy) is 2. The number of benzene rings is 4. The maximum Gasteiger partial charge on any atom is 0.407 e. The van der Waals surface area contributed by atoms with Gasteiger partial charge in [-0.05, 0) is 53.3 Å². The number of hydrogen-bond donors (Lipinski definition) is 3. The van der Waals surface area contributed by atoms with E-state index >= 15 is 8.78 Å². The van der Waals surface area contributed by atoms with Crippen LogP contribution in [0.5, 0.6) is 0 Å². The molecule has 262 valence electrons. The maximum atomic E-state index is 15.5. The normalized spacial score (nSPS) is 16.8. The number of para-hydroxylation sites is 1. The second-order valence-electron chi connectivity index (χ2n) is 12.1. The molecule has 0 aromatic heterocycles. The fraction of sp³-hybridized carbons (Fsp3) is 0.289. The van der Waals surface area contributed by atoms with E-state index in [4.69, 9.17) is 9.47 Å². The molecule has 4 aromatic rings. The van der Waals surface area contributed by atoms with Crippen molar-refractivity contribution in [3.8, 4) is 0 Å². The lowest BCUT2D eigenvalue weighted by Crippen LogP contribution is -2.56. The lowest BCUT2D eigenvalue weighted by atomic mass is 9.84. The molecule has 50 heavy (non-hydrogen) atoms. The molecule has 1 aliphatic heterocycles. The van der Waals surface area contributed by atoms with E-state index in [1.54, 1.807) is 48.5 Å². The molecule has 0 spiro atoms. The summed E-state index contributed by atoms with van der Waals surface area (Å²) in [5.41, 5.74) is 3.14. The number of amides is 3. The molecule has 3 N–H and O–H groups in total. The minimum absolute atomic E-state index is 0.0737. The van der Waals surface area contributed by atoms with E-state index in [2.05, 4.69) is 26.6 Å². The highest BCUT2D eigenvalue weighted by Crippen LogP contribution is 2.33. The Morgan fingerprint density at radius 2 is 1.52 bits per heavy atom. The van der Waals surface area contributed by atoms with Crippen LogP contribution in [0.2, 0.25) is 0 Å². The highest BCUT2D eigenvalue weighted by atomic mass is 79.9. The van der Waals surface area contributed by atoms with E-state index < -0.39 is 61.1 Å². The summed E-state index contributed by atoms with van der Waals surface area (Å²) in [5.74, 6) is -4.40. The van der Waals surface area contributed by atoms with E-state index in [9.17, 15) is 19.5 Å².